The lowest BCUT2D eigenvalue weighted by Crippen LogP contribution is -2.59. The van der Waals surface area contributed by atoms with Crippen LogP contribution in [-0.2, 0) is 6.42 Å². The largest absolute Gasteiger partial charge is 0.496 e. The van der Waals surface area contributed by atoms with Crippen LogP contribution >= 0.6 is 11.6 Å². The minimum Gasteiger partial charge on any atom is -0.496 e. The smallest absolute Gasteiger partial charge is 0.122 e. The fraction of sp³-hybridized carbons (Fsp3) is 0.600. The third-order valence-corrected chi connectivity index (χ3v) is 4.59. The Morgan fingerprint density at radius 1 is 1.45 bits per heavy atom. The van der Waals surface area contributed by atoms with Crippen LogP contribution in [0.3, 0.4) is 0 Å². The van der Waals surface area contributed by atoms with Crippen molar-refractivity contribution in [1.82, 2.24) is 10.3 Å². The fourth-order valence-electron chi connectivity index (χ4n) is 2.46. The number of hydrogen-bond acceptors (Lipinski definition) is 4. The van der Waals surface area contributed by atoms with E-state index in [0.717, 1.165) is 24.2 Å². The predicted octanol–water partition coefficient (Wildman–Crippen LogP) is 2.45. The van der Waals surface area contributed by atoms with Gasteiger partial charge in [0.05, 0.1) is 7.11 Å². The summed E-state index contributed by atoms with van der Waals surface area (Å²) in [4.78, 5) is 2.20. The summed E-state index contributed by atoms with van der Waals surface area (Å²) in [5.41, 5.74) is 3.96. The van der Waals surface area contributed by atoms with Crippen molar-refractivity contribution in [2.75, 3.05) is 21.2 Å². The molecule has 0 aliphatic carbocycles. The summed E-state index contributed by atoms with van der Waals surface area (Å²) >= 11 is 6.09. The summed E-state index contributed by atoms with van der Waals surface area (Å²) in [6.45, 7) is 4.37. The Balaban J connectivity index is 3.07. The summed E-state index contributed by atoms with van der Waals surface area (Å²) in [5.74, 6) is 6.64. The van der Waals surface area contributed by atoms with Crippen LogP contribution in [0.2, 0.25) is 5.02 Å². The van der Waals surface area contributed by atoms with Crippen LogP contribution in [0, 0.1) is 0 Å². The van der Waals surface area contributed by atoms with Gasteiger partial charge in [-0.15, -0.1) is 0 Å². The van der Waals surface area contributed by atoms with E-state index in [9.17, 15) is 0 Å². The predicted molar refractivity (Wildman–Crippen MR) is 85.2 cm³/mol. The fourth-order valence-corrected chi connectivity index (χ4v) is 2.65. The van der Waals surface area contributed by atoms with Gasteiger partial charge < -0.3 is 9.64 Å². The zero-order valence-electron chi connectivity index (χ0n) is 13.0. The summed E-state index contributed by atoms with van der Waals surface area (Å²) in [7, 11) is 5.81. The van der Waals surface area contributed by atoms with Crippen LogP contribution in [0.5, 0.6) is 5.75 Å². The van der Waals surface area contributed by atoms with Crippen molar-refractivity contribution in [2.24, 2.45) is 5.84 Å². The molecule has 0 saturated carbocycles. The van der Waals surface area contributed by atoms with Gasteiger partial charge in [0.15, 0.2) is 0 Å². The van der Waals surface area contributed by atoms with Crippen LogP contribution in [0.4, 0.5) is 0 Å². The minimum absolute atomic E-state index is 0.0535. The lowest BCUT2D eigenvalue weighted by Gasteiger charge is -2.42. The average molecular weight is 300 g/mol. The molecule has 5 heteroatoms. The Labute approximate surface area is 127 Å². The molecule has 0 aliphatic rings. The van der Waals surface area contributed by atoms with E-state index in [1.807, 2.05) is 18.2 Å². The number of hydrogen-bond donors (Lipinski definition) is 2. The number of halogens is 1. The molecule has 3 N–H and O–H groups in total. The van der Waals surface area contributed by atoms with Crippen molar-refractivity contribution in [3.8, 4) is 5.75 Å². The molecule has 0 aliphatic heterocycles. The van der Waals surface area contributed by atoms with Gasteiger partial charge in [-0.1, -0.05) is 18.5 Å². The number of methoxy groups -OCH3 is 1. The van der Waals surface area contributed by atoms with Crippen molar-refractivity contribution in [1.29, 1.82) is 0 Å². The Morgan fingerprint density at radius 3 is 2.55 bits per heavy atom. The highest BCUT2D eigenvalue weighted by Gasteiger charge is 2.34. The topological polar surface area (TPSA) is 50.5 Å². The number of likely N-dealkylation sites (N-methyl/N-ethyl adjacent to an activating group) is 1. The van der Waals surface area contributed by atoms with Crippen LogP contribution in [0.15, 0.2) is 18.2 Å². The standard InChI is InChI=1S/C15H26ClN3O/c1-6-15(2,19(3)4)14(18-17)10-11-9-12(16)7-8-13(11)20-5/h7-9,14,18H,6,10,17H2,1-5H3. The first-order chi connectivity index (χ1) is 9.38. The number of hydrazine groups is 1. The van der Waals surface area contributed by atoms with Gasteiger partial charge in [0.2, 0.25) is 0 Å². The highest BCUT2D eigenvalue weighted by molar-refractivity contribution is 6.30. The van der Waals surface area contributed by atoms with Crippen LogP contribution < -0.4 is 16.0 Å². The third-order valence-electron chi connectivity index (χ3n) is 4.36. The van der Waals surface area contributed by atoms with Crippen molar-refractivity contribution in [3.05, 3.63) is 28.8 Å². The second-order valence-corrected chi connectivity index (χ2v) is 5.92. The van der Waals surface area contributed by atoms with E-state index < -0.39 is 0 Å². The maximum absolute atomic E-state index is 6.09. The average Bonchev–Trinajstić information content (AvgIpc) is 2.43. The Morgan fingerprint density at radius 2 is 2.10 bits per heavy atom. The van der Waals surface area contributed by atoms with Crippen LogP contribution in [-0.4, -0.2) is 37.7 Å². The van der Waals surface area contributed by atoms with Gasteiger partial charge in [-0.3, -0.25) is 11.3 Å². The van der Waals surface area contributed by atoms with Gasteiger partial charge in [-0.25, -0.2) is 0 Å². The second-order valence-electron chi connectivity index (χ2n) is 5.48. The quantitative estimate of drug-likeness (QED) is 0.600. The first-order valence-corrected chi connectivity index (χ1v) is 7.22. The highest BCUT2D eigenvalue weighted by Crippen LogP contribution is 2.28. The molecule has 0 fully saturated rings. The van der Waals surface area contributed by atoms with Crippen molar-refractivity contribution >= 4 is 11.6 Å². The minimum atomic E-state index is -0.0535. The molecule has 20 heavy (non-hydrogen) atoms. The number of benzene rings is 1. The monoisotopic (exact) mass is 299 g/mol. The normalized spacial score (nSPS) is 16.0. The molecule has 0 radical (unpaired) electrons. The molecule has 0 saturated heterocycles. The highest BCUT2D eigenvalue weighted by atomic mass is 35.5. The number of nitrogens with two attached hydrogens (primary N) is 1. The van der Waals surface area contributed by atoms with Gasteiger partial charge in [0.1, 0.15) is 5.75 Å². The molecule has 1 aromatic rings. The van der Waals surface area contributed by atoms with Gasteiger partial charge in [-0.2, -0.15) is 0 Å². The molecule has 0 heterocycles. The Kier molecular flexibility index (Phi) is 6.27. The number of nitrogens with zero attached hydrogens (tertiary/aromatic N) is 1. The molecule has 1 aromatic carbocycles. The van der Waals surface area contributed by atoms with E-state index >= 15 is 0 Å². The SMILES string of the molecule is CCC(C)(C(Cc1cc(Cl)ccc1OC)NN)N(C)C. The lowest BCUT2D eigenvalue weighted by molar-refractivity contribution is 0.112. The third kappa shape index (κ3) is 3.64. The lowest BCUT2D eigenvalue weighted by atomic mass is 9.84. The van der Waals surface area contributed by atoms with E-state index in [0.29, 0.717) is 5.02 Å². The molecule has 0 bridgehead atoms. The summed E-state index contributed by atoms with van der Waals surface area (Å²) in [6.07, 6.45) is 1.74. The van der Waals surface area contributed by atoms with Gasteiger partial charge in [-0.05, 0) is 57.6 Å². The molecule has 0 aromatic heterocycles. The number of ether oxygens (including phenoxy) is 1. The van der Waals surface area contributed by atoms with E-state index in [1.54, 1.807) is 7.11 Å². The second kappa shape index (κ2) is 7.27. The number of rotatable bonds is 7. The summed E-state index contributed by atoms with van der Waals surface area (Å²) < 4.78 is 5.41. The van der Waals surface area contributed by atoms with Crippen LogP contribution in [0.1, 0.15) is 25.8 Å². The van der Waals surface area contributed by atoms with Crippen LogP contribution in [0.25, 0.3) is 0 Å². The van der Waals surface area contributed by atoms with Crippen molar-refractivity contribution in [3.63, 3.8) is 0 Å². The summed E-state index contributed by atoms with van der Waals surface area (Å²) in [5, 5.41) is 0.708. The Hall–Kier alpha value is -0.810. The molecule has 2 atom stereocenters. The molecular weight excluding hydrogens is 274 g/mol. The van der Waals surface area contributed by atoms with E-state index in [4.69, 9.17) is 22.2 Å². The molecule has 0 amide bonds. The molecule has 1 rings (SSSR count). The van der Waals surface area contributed by atoms with E-state index in [-0.39, 0.29) is 11.6 Å². The van der Waals surface area contributed by atoms with Crippen molar-refractivity contribution < 1.29 is 4.74 Å². The molecule has 114 valence electrons. The number of nitrogens with one attached hydrogen (secondary N) is 1. The maximum Gasteiger partial charge on any atom is 0.122 e. The Bertz CT molecular complexity index is 439. The molecule has 2 unspecified atom stereocenters. The van der Waals surface area contributed by atoms with Gasteiger partial charge >= 0.3 is 0 Å². The van der Waals surface area contributed by atoms with Gasteiger partial charge in [0, 0.05) is 16.6 Å². The maximum atomic E-state index is 6.09. The van der Waals surface area contributed by atoms with Gasteiger partial charge in [0.25, 0.3) is 0 Å². The van der Waals surface area contributed by atoms with E-state index in [2.05, 4.69) is 38.3 Å². The first-order valence-electron chi connectivity index (χ1n) is 6.85. The van der Waals surface area contributed by atoms with E-state index in [1.165, 1.54) is 0 Å². The van der Waals surface area contributed by atoms with Crippen molar-refractivity contribution in [2.45, 2.75) is 38.3 Å². The first kappa shape index (κ1) is 17.2. The molecule has 0 spiro atoms. The summed E-state index contributed by atoms with van der Waals surface area (Å²) in [6, 6.07) is 5.76. The molecule has 4 nitrogen and oxygen atoms in total. The molecular formula is C15H26ClN3O. The zero-order valence-corrected chi connectivity index (χ0v) is 13.8. The zero-order chi connectivity index (χ0) is 15.3.